The lowest BCUT2D eigenvalue weighted by Gasteiger charge is -2.32. The number of rotatable bonds is 7. The number of carbonyl (C=O) groups excluding carboxylic acids is 1. The molecule has 172 valence electrons. The van der Waals surface area contributed by atoms with E-state index in [4.69, 9.17) is 9.72 Å². The fourth-order valence-electron chi connectivity index (χ4n) is 4.66. The molecule has 2 aromatic rings. The lowest BCUT2D eigenvalue weighted by atomic mass is 9.83. The monoisotopic (exact) mass is 474 g/mol. The third-order valence-corrected chi connectivity index (χ3v) is 8.77. The van der Waals surface area contributed by atoms with Gasteiger partial charge in [-0.2, -0.15) is 5.26 Å². The minimum Gasteiger partial charge on any atom is -0.383 e. The summed E-state index contributed by atoms with van der Waals surface area (Å²) in [6.07, 6.45) is 8.57. The normalized spacial score (nSPS) is 18.7. The molecule has 7 nitrogen and oxygen atoms in total. The zero-order chi connectivity index (χ0) is 22.7. The number of amides is 1. The maximum atomic E-state index is 13.5. The van der Waals surface area contributed by atoms with E-state index in [0.29, 0.717) is 31.1 Å². The van der Waals surface area contributed by atoms with Crippen molar-refractivity contribution in [1.82, 2.24) is 14.9 Å². The van der Waals surface area contributed by atoms with Crippen molar-refractivity contribution in [3.8, 4) is 6.07 Å². The van der Waals surface area contributed by atoms with Crippen LogP contribution in [0.3, 0.4) is 0 Å². The van der Waals surface area contributed by atoms with Crippen LogP contribution in [0, 0.1) is 11.3 Å². The van der Waals surface area contributed by atoms with Crippen LogP contribution in [0.1, 0.15) is 62.3 Å². The fraction of sp³-hybridized carbons (Fsp3) is 0.652. The second-order valence-electron chi connectivity index (χ2n) is 8.74. The molecular weight excluding hydrogens is 444 g/mol. The number of methoxy groups -OCH3 is 1. The van der Waals surface area contributed by atoms with Crippen molar-refractivity contribution >= 4 is 39.2 Å². The van der Waals surface area contributed by atoms with Crippen LogP contribution in [0.15, 0.2) is 9.95 Å². The van der Waals surface area contributed by atoms with Crippen LogP contribution >= 0.6 is 23.1 Å². The van der Waals surface area contributed by atoms with Crippen LogP contribution in [0.25, 0.3) is 10.2 Å². The van der Waals surface area contributed by atoms with E-state index < -0.39 is 10.8 Å². The van der Waals surface area contributed by atoms with E-state index in [2.05, 4.69) is 11.4 Å². The van der Waals surface area contributed by atoms with E-state index in [9.17, 15) is 14.9 Å². The average molecular weight is 475 g/mol. The molecule has 9 heteroatoms. The van der Waals surface area contributed by atoms with Gasteiger partial charge in [0.15, 0.2) is 5.16 Å². The number of thioether (sulfide) groups is 1. The van der Waals surface area contributed by atoms with Gasteiger partial charge in [0, 0.05) is 12.0 Å². The van der Waals surface area contributed by atoms with E-state index in [0.717, 1.165) is 60.7 Å². The van der Waals surface area contributed by atoms with Gasteiger partial charge in [-0.3, -0.25) is 14.2 Å². The Kier molecular flexibility index (Phi) is 7.23. The molecule has 4 rings (SSSR count). The highest BCUT2D eigenvalue weighted by molar-refractivity contribution is 8.00. The van der Waals surface area contributed by atoms with Crippen molar-refractivity contribution in [1.29, 1.82) is 5.26 Å². The van der Waals surface area contributed by atoms with Crippen molar-refractivity contribution in [2.24, 2.45) is 0 Å². The molecule has 1 amide bonds. The predicted octanol–water partition coefficient (Wildman–Crippen LogP) is 3.81. The summed E-state index contributed by atoms with van der Waals surface area (Å²) in [4.78, 5) is 33.4. The molecule has 2 aromatic heterocycles. The lowest BCUT2D eigenvalue weighted by molar-refractivity contribution is -0.121. The van der Waals surface area contributed by atoms with Crippen LogP contribution in [-0.4, -0.2) is 40.0 Å². The van der Waals surface area contributed by atoms with Gasteiger partial charge in [0.25, 0.3) is 5.56 Å². The van der Waals surface area contributed by atoms with Crippen molar-refractivity contribution < 1.29 is 9.53 Å². The summed E-state index contributed by atoms with van der Waals surface area (Å²) in [5, 5.41) is 13.5. The van der Waals surface area contributed by atoms with Gasteiger partial charge < -0.3 is 10.1 Å². The van der Waals surface area contributed by atoms with Crippen LogP contribution < -0.4 is 10.9 Å². The Bertz CT molecular complexity index is 1100. The van der Waals surface area contributed by atoms with Crippen LogP contribution in [0.5, 0.6) is 0 Å². The number of thiophene rings is 1. The third kappa shape index (κ3) is 4.59. The van der Waals surface area contributed by atoms with Crippen molar-refractivity contribution in [2.75, 3.05) is 13.7 Å². The highest BCUT2D eigenvalue weighted by Gasteiger charge is 2.35. The molecule has 0 saturated heterocycles. The first-order valence-corrected chi connectivity index (χ1v) is 13.1. The summed E-state index contributed by atoms with van der Waals surface area (Å²) in [5.74, 6) is -0.184. The number of nitriles is 1. The van der Waals surface area contributed by atoms with Crippen molar-refractivity contribution in [3.05, 3.63) is 20.8 Å². The molecular formula is C23H30N4O3S2. The van der Waals surface area contributed by atoms with Gasteiger partial charge in [0.05, 0.1) is 29.9 Å². The Morgan fingerprint density at radius 2 is 2.06 bits per heavy atom. The smallest absolute Gasteiger partial charge is 0.263 e. The Morgan fingerprint density at radius 3 is 2.78 bits per heavy atom. The summed E-state index contributed by atoms with van der Waals surface area (Å²) in [6.45, 7) is 2.59. The molecule has 2 heterocycles. The van der Waals surface area contributed by atoms with Crippen LogP contribution in [0.4, 0.5) is 0 Å². The van der Waals surface area contributed by atoms with Gasteiger partial charge >= 0.3 is 0 Å². The van der Waals surface area contributed by atoms with Gasteiger partial charge in [-0.05, 0) is 51.0 Å². The average Bonchev–Trinajstić information content (AvgIpc) is 3.18. The van der Waals surface area contributed by atoms with Gasteiger partial charge in [-0.25, -0.2) is 4.98 Å². The number of carbonyl (C=O) groups is 1. The number of aryl methyl sites for hydroxylation is 2. The minimum absolute atomic E-state index is 0.0395. The van der Waals surface area contributed by atoms with Gasteiger partial charge in [0.1, 0.15) is 10.4 Å². The molecule has 1 atom stereocenters. The molecule has 0 aromatic carbocycles. The molecule has 1 fully saturated rings. The van der Waals surface area contributed by atoms with Crippen LogP contribution in [-0.2, 0) is 28.9 Å². The first-order chi connectivity index (χ1) is 15.5. The first-order valence-electron chi connectivity index (χ1n) is 11.4. The third-order valence-electron chi connectivity index (χ3n) is 6.49. The number of nitrogens with zero attached hydrogens (tertiary/aromatic N) is 3. The first kappa shape index (κ1) is 23.3. The highest BCUT2D eigenvalue weighted by atomic mass is 32.2. The molecule has 0 aliphatic heterocycles. The Labute approximate surface area is 196 Å². The number of nitrogens with one attached hydrogen (secondary N) is 1. The second-order valence-corrected chi connectivity index (χ2v) is 11.1. The van der Waals surface area contributed by atoms with Crippen molar-refractivity contribution in [2.45, 2.75) is 87.2 Å². The van der Waals surface area contributed by atoms with Gasteiger partial charge in [0.2, 0.25) is 5.91 Å². The Morgan fingerprint density at radius 1 is 1.31 bits per heavy atom. The second kappa shape index (κ2) is 9.94. The van der Waals surface area contributed by atoms with E-state index in [1.54, 1.807) is 23.0 Å². The molecule has 32 heavy (non-hydrogen) atoms. The number of hydrogen-bond acceptors (Lipinski definition) is 7. The molecule has 0 bridgehead atoms. The topological polar surface area (TPSA) is 97.0 Å². The maximum absolute atomic E-state index is 13.5. The van der Waals surface area contributed by atoms with E-state index in [-0.39, 0.29) is 11.5 Å². The summed E-state index contributed by atoms with van der Waals surface area (Å²) in [6, 6.07) is 2.34. The molecule has 1 N–H and O–H groups in total. The maximum Gasteiger partial charge on any atom is 0.263 e. The molecule has 2 aliphatic carbocycles. The Balaban J connectivity index is 1.63. The quantitative estimate of drug-likeness (QED) is 0.484. The molecule has 0 spiro atoms. The SMILES string of the molecule is COCCn1c(SC(C)C(=O)NC2(C#N)CCCCC2)nc2sc3c(c2c1=O)CCCC3. The Hall–Kier alpha value is -1.89. The number of aromatic nitrogens is 2. The van der Waals surface area contributed by atoms with Gasteiger partial charge in [-0.1, -0.05) is 31.0 Å². The zero-order valence-corrected chi connectivity index (χ0v) is 20.4. The van der Waals surface area contributed by atoms with Crippen LogP contribution in [0.2, 0.25) is 0 Å². The molecule has 0 radical (unpaired) electrons. The number of hydrogen-bond donors (Lipinski definition) is 1. The standard InChI is InChI=1S/C23H30N4O3S2/c1-15(19(28)26-23(14-24)10-6-3-7-11-23)31-22-25-20-18(21(29)27(22)12-13-30-2)16-8-4-5-9-17(16)32-20/h15H,3-13H2,1-2H3,(H,26,28). The minimum atomic E-state index is -0.774. The predicted molar refractivity (Wildman–Crippen MR) is 127 cm³/mol. The van der Waals surface area contributed by atoms with Gasteiger partial charge in [-0.15, -0.1) is 11.3 Å². The largest absolute Gasteiger partial charge is 0.383 e. The van der Waals surface area contributed by atoms with Crippen molar-refractivity contribution in [3.63, 3.8) is 0 Å². The summed E-state index contributed by atoms with van der Waals surface area (Å²) < 4.78 is 6.89. The molecule has 2 aliphatic rings. The number of fused-ring (bicyclic) bond motifs is 3. The molecule has 1 saturated carbocycles. The highest BCUT2D eigenvalue weighted by Crippen LogP contribution is 2.35. The van der Waals surface area contributed by atoms with E-state index >= 15 is 0 Å². The number of ether oxygens (including phenoxy) is 1. The van der Waals surface area contributed by atoms with E-state index in [1.807, 2.05) is 6.92 Å². The lowest BCUT2D eigenvalue weighted by Crippen LogP contribution is -2.51. The van der Waals surface area contributed by atoms with E-state index in [1.165, 1.54) is 16.6 Å². The summed E-state index contributed by atoms with van der Waals surface area (Å²) in [5.41, 5.74) is 0.349. The summed E-state index contributed by atoms with van der Waals surface area (Å²) in [7, 11) is 1.61. The fourth-order valence-corrected chi connectivity index (χ4v) is 6.90. The zero-order valence-electron chi connectivity index (χ0n) is 18.7. The summed E-state index contributed by atoms with van der Waals surface area (Å²) >= 11 is 2.90. The molecule has 1 unspecified atom stereocenters.